The first kappa shape index (κ1) is 13.3. The summed E-state index contributed by atoms with van der Waals surface area (Å²) in [7, 11) is -3.28. The van der Waals surface area contributed by atoms with Gasteiger partial charge >= 0.3 is 0 Å². The van der Waals surface area contributed by atoms with Crippen molar-refractivity contribution in [1.82, 2.24) is 14.8 Å². The van der Waals surface area contributed by atoms with E-state index in [9.17, 15) is 8.42 Å². The average Bonchev–Trinajstić information content (AvgIpc) is 2.78. The summed E-state index contributed by atoms with van der Waals surface area (Å²) in [6.07, 6.45) is 3.78. The van der Waals surface area contributed by atoms with Crippen LogP contribution in [0.4, 0.5) is 0 Å². The zero-order chi connectivity index (χ0) is 13.3. The minimum atomic E-state index is -3.28. The first-order chi connectivity index (χ1) is 8.41. The lowest BCUT2D eigenvalue weighted by Gasteiger charge is -2.03. The summed E-state index contributed by atoms with van der Waals surface area (Å²) >= 11 is 11.6. The van der Waals surface area contributed by atoms with Crippen LogP contribution in [0.1, 0.15) is 5.69 Å². The number of pyridine rings is 1. The third-order valence-electron chi connectivity index (χ3n) is 2.25. The number of aromatic nitrogens is 3. The van der Waals surface area contributed by atoms with Gasteiger partial charge in [0.25, 0.3) is 0 Å². The molecule has 0 spiro atoms. The zero-order valence-electron chi connectivity index (χ0n) is 9.34. The highest BCUT2D eigenvalue weighted by molar-refractivity contribution is 7.90. The van der Waals surface area contributed by atoms with E-state index in [2.05, 4.69) is 10.1 Å². The Morgan fingerprint density at radius 2 is 2.11 bits per heavy atom. The molecule has 0 aliphatic rings. The van der Waals surface area contributed by atoms with Gasteiger partial charge < -0.3 is 0 Å². The van der Waals surface area contributed by atoms with E-state index in [1.165, 1.54) is 17.1 Å². The summed E-state index contributed by atoms with van der Waals surface area (Å²) in [5, 5.41) is 4.41. The molecule has 2 heterocycles. The number of sulfone groups is 1. The number of hydrogen-bond acceptors (Lipinski definition) is 4. The highest BCUT2D eigenvalue weighted by Crippen LogP contribution is 2.18. The second-order valence-corrected chi connectivity index (χ2v) is 6.31. The molecule has 0 fully saturated rings. The molecule has 2 rings (SSSR count). The monoisotopic (exact) mass is 305 g/mol. The van der Waals surface area contributed by atoms with Crippen LogP contribution in [0, 0.1) is 0 Å². The van der Waals surface area contributed by atoms with Crippen molar-refractivity contribution in [2.75, 3.05) is 6.26 Å². The van der Waals surface area contributed by atoms with Gasteiger partial charge in [-0.25, -0.2) is 18.1 Å². The maximum Gasteiger partial charge on any atom is 0.178 e. The van der Waals surface area contributed by atoms with Gasteiger partial charge in [-0.1, -0.05) is 11.6 Å². The first-order valence-electron chi connectivity index (χ1n) is 4.88. The van der Waals surface area contributed by atoms with Crippen LogP contribution < -0.4 is 0 Å². The van der Waals surface area contributed by atoms with Crippen molar-refractivity contribution in [3.8, 4) is 5.82 Å². The van der Waals surface area contributed by atoms with E-state index in [1.54, 1.807) is 12.1 Å². The van der Waals surface area contributed by atoms with Crippen molar-refractivity contribution >= 4 is 33.0 Å². The molecular weight excluding hydrogens is 297 g/mol. The quantitative estimate of drug-likeness (QED) is 0.814. The van der Waals surface area contributed by atoms with Crippen LogP contribution in [0.15, 0.2) is 29.4 Å². The topological polar surface area (TPSA) is 64.8 Å². The summed E-state index contributed by atoms with van der Waals surface area (Å²) in [6, 6.07) is 3.28. The van der Waals surface area contributed by atoms with Crippen molar-refractivity contribution in [3.63, 3.8) is 0 Å². The molecule has 18 heavy (non-hydrogen) atoms. The van der Waals surface area contributed by atoms with E-state index in [-0.39, 0.29) is 10.8 Å². The van der Waals surface area contributed by atoms with Gasteiger partial charge in [-0.15, -0.1) is 11.6 Å². The van der Waals surface area contributed by atoms with Crippen LogP contribution in [0.25, 0.3) is 5.82 Å². The lowest BCUT2D eigenvalue weighted by molar-refractivity contribution is 0.602. The fourth-order valence-electron chi connectivity index (χ4n) is 1.32. The molecule has 0 aliphatic carbocycles. The van der Waals surface area contributed by atoms with Crippen LogP contribution in [0.5, 0.6) is 0 Å². The molecule has 0 N–H and O–H groups in total. The maximum atomic E-state index is 11.3. The summed E-state index contributed by atoms with van der Waals surface area (Å²) in [4.78, 5) is 4.33. The zero-order valence-corrected chi connectivity index (χ0v) is 11.7. The molecule has 8 heteroatoms. The first-order valence-corrected chi connectivity index (χ1v) is 7.68. The fourth-order valence-corrected chi connectivity index (χ4v) is 2.29. The molecule has 0 unspecified atom stereocenters. The Morgan fingerprint density at radius 1 is 1.39 bits per heavy atom. The van der Waals surface area contributed by atoms with Crippen LogP contribution in [-0.4, -0.2) is 29.4 Å². The van der Waals surface area contributed by atoms with Crippen molar-refractivity contribution in [3.05, 3.63) is 35.2 Å². The van der Waals surface area contributed by atoms with Gasteiger partial charge in [0.15, 0.2) is 15.7 Å². The molecule has 0 bridgehead atoms. The summed E-state index contributed by atoms with van der Waals surface area (Å²) in [5.74, 6) is 0.636. The molecule has 2 aromatic rings. The molecule has 96 valence electrons. The molecule has 0 saturated carbocycles. The molecule has 0 aliphatic heterocycles. The fraction of sp³-hybridized carbons (Fsp3) is 0.200. The van der Waals surface area contributed by atoms with Crippen molar-refractivity contribution in [2.45, 2.75) is 10.8 Å². The number of alkyl halides is 1. The van der Waals surface area contributed by atoms with E-state index < -0.39 is 9.84 Å². The second kappa shape index (κ2) is 4.87. The lowest BCUT2D eigenvalue weighted by atomic mass is 10.3. The largest absolute Gasteiger partial charge is 0.231 e. The van der Waals surface area contributed by atoms with E-state index in [0.717, 1.165) is 6.26 Å². The van der Waals surface area contributed by atoms with Crippen LogP contribution >= 0.6 is 23.2 Å². The highest BCUT2D eigenvalue weighted by atomic mass is 35.5. The smallest absolute Gasteiger partial charge is 0.178 e. The van der Waals surface area contributed by atoms with Crippen LogP contribution in [0.3, 0.4) is 0 Å². The van der Waals surface area contributed by atoms with Crippen molar-refractivity contribution in [2.24, 2.45) is 0 Å². The third-order valence-corrected chi connectivity index (χ3v) is 3.92. The SMILES string of the molecule is CS(=O)(=O)c1cnn(-c2ccc(Cl)c(CCl)n2)c1. The summed E-state index contributed by atoms with van der Waals surface area (Å²) < 4.78 is 24.0. The predicted molar refractivity (Wildman–Crippen MR) is 69.0 cm³/mol. The van der Waals surface area contributed by atoms with Gasteiger partial charge in [-0.05, 0) is 12.1 Å². The van der Waals surface area contributed by atoms with Gasteiger partial charge in [-0.3, -0.25) is 0 Å². The standard InChI is InChI=1S/C10H9Cl2N3O2S/c1-18(16,17)7-5-13-15(6-7)10-3-2-8(12)9(4-11)14-10/h2-3,5-6H,4H2,1H3. The van der Waals surface area contributed by atoms with Gasteiger partial charge in [0.1, 0.15) is 4.90 Å². The van der Waals surface area contributed by atoms with Gasteiger partial charge in [0, 0.05) is 6.26 Å². The number of hydrogen-bond donors (Lipinski definition) is 0. The predicted octanol–water partition coefficient (Wildman–Crippen LogP) is 2.06. The Hall–Kier alpha value is -1.11. The molecular formula is C10H9Cl2N3O2S. The maximum absolute atomic E-state index is 11.3. The summed E-state index contributed by atoms with van der Waals surface area (Å²) in [5.41, 5.74) is 0.521. The third kappa shape index (κ3) is 2.66. The molecule has 0 aromatic carbocycles. The summed E-state index contributed by atoms with van der Waals surface area (Å²) in [6.45, 7) is 0. The second-order valence-electron chi connectivity index (χ2n) is 3.62. The van der Waals surface area contributed by atoms with E-state index in [1.807, 2.05) is 0 Å². The van der Waals surface area contributed by atoms with Crippen molar-refractivity contribution < 1.29 is 8.42 Å². The minimum absolute atomic E-state index is 0.131. The molecule has 0 atom stereocenters. The molecule has 0 radical (unpaired) electrons. The molecule has 5 nitrogen and oxygen atoms in total. The number of nitrogens with zero attached hydrogens (tertiary/aromatic N) is 3. The van der Waals surface area contributed by atoms with Crippen LogP contribution in [0.2, 0.25) is 5.02 Å². The number of halogens is 2. The van der Waals surface area contributed by atoms with Crippen molar-refractivity contribution in [1.29, 1.82) is 0 Å². The highest BCUT2D eigenvalue weighted by Gasteiger charge is 2.12. The Morgan fingerprint density at radius 3 is 2.67 bits per heavy atom. The van der Waals surface area contributed by atoms with Gasteiger partial charge in [0.2, 0.25) is 0 Å². The minimum Gasteiger partial charge on any atom is -0.231 e. The average molecular weight is 306 g/mol. The molecule has 0 amide bonds. The van der Waals surface area contributed by atoms with E-state index in [4.69, 9.17) is 23.2 Å². The van der Waals surface area contributed by atoms with Gasteiger partial charge in [0.05, 0.1) is 29.0 Å². The lowest BCUT2D eigenvalue weighted by Crippen LogP contribution is -2.01. The van der Waals surface area contributed by atoms with Crippen LogP contribution in [-0.2, 0) is 15.7 Å². The van der Waals surface area contributed by atoms with E-state index in [0.29, 0.717) is 16.5 Å². The Balaban J connectivity index is 2.46. The van der Waals surface area contributed by atoms with E-state index >= 15 is 0 Å². The Bertz CT molecular complexity index is 682. The molecule has 0 saturated heterocycles. The number of rotatable bonds is 3. The molecule has 2 aromatic heterocycles. The normalized spacial score (nSPS) is 11.7. The van der Waals surface area contributed by atoms with Gasteiger partial charge in [-0.2, -0.15) is 5.10 Å². The Kier molecular flexibility index (Phi) is 3.61. The Labute approximate surface area is 114 Å².